The van der Waals surface area contributed by atoms with Gasteiger partial charge in [0.2, 0.25) is 5.91 Å². The summed E-state index contributed by atoms with van der Waals surface area (Å²) in [5.74, 6) is -2.51. The number of nitrogens with two attached hydrogens (primary N) is 1. The lowest BCUT2D eigenvalue weighted by Crippen LogP contribution is -2.50. The molecule has 0 fully saturated rings. The topological polar surface area (TPSA) is 196 Å². The van der Waals surface area contributed by atoms with Gasteiger partial charge in [0.25, 0.3) is 0 Å². The molecule has 0 spiro atoms. The van der Waals surface area contributed by atoms with Gasteiger partial charge in [0.1, 0.15) is 6.04 Å². The number of benzene rings is 1. The van der Waals surface area contributed by atoms with E-state index in [1.807, 2.05) is 18.2 Å². The third-order valence-corrected chi connectivity index (χ3v) is 2.82. The first-order chi connectivity index (χ1) is 11.9. The Kier molecular flexibility index (Phi) is 10.3. The van der Waals surface area contributed by atoms with Crippen molar-refractivity contribution in [2.45, 2.75) is 24.9 Å². The van der Waals surface area contributed by atoms with E-state index >= 15 is 0 Å². The fraction of sp³-hybridized carbons (Fsp3) is 0.357. The molecule has 2 unspecified atom stereocenters. The number of hydrogen-bond donors (Lipinski definition) is 6. The number of rotatable bonds is 7. The second-order valence-corrected chi connectivity index (χ2v) is 6.02. The molecular weight excluding hydrogens is 371 g/mol. The van der Waals surface area contributed by atoms with Crippen molar-refractivity contribution >= 4 is 25.7 Å². The summed E-state index contributed by atoms with van der Waals surface area (Å²) in [6, 6.07) is 6.93. The van der Waals surface area contributed by atoms with E-state index in [1.54, 1.807) is 12.1 Å². The van der Waals surface area contributed by atoms with Crippen LogP contribution >= 0.6 is 7.82 Å². The van der Waals surface area contributed by atoms with Crippen molar-refractivity contribution in [3.63, 3.8) is 0 Å². The quantitative estimate of drug-likeness (QED) is 0.241. The molecule has 0 aromatic heterocycles. The minimum atomic E-state index is -4.64. The van der Waals surface area contributed by atoms with E-state index in [0.717, 1.165) is 5.56 Å². The van der Waals surface area contributed by atoms with Crippen LogP contribution in [0.5, 0.6) is 0 Å². The van der Waals surface area contributed by atoms with Gasteiger partial charge in [0, 0.05) is 6.42 Å². The van der Waals surface area contributed by atoms with Crippen LogP contribution < -0.4 is 11.1 Å². The smallest absolute Gasteiger partial charge is 0.466 e. The molecule has 146 valence electrons. The monoisotopic (exact) mass is 392 g/mol. The van der Waals surface area contributed by atoms with Crippen LogP contribution in [0.15, 0.2) is 30.3 Å². The Balaban J connectivity index is 0.00000110. The Labute approximate surface area is 149 Å². The summed E-state index contributed by atoms with van der Waals surface area (Å²) in [5, 5.41) is 11.0. The summed E-state index contributed by atoms with van der Waals surface area (Å²) in [5.41, 5.74) is 6.29. The van der Waals surface area contributed by atoms with Gasteiger partial charge < -0.3 is 35.6 Å². The van der Waals surface area contributed by atoms with Gasteiger partial charge in [0.15, 0.2) is 0 Å². The molecule has 0 aliphatic rings. The van der Waals surface area contributed by atoms with Crippen molar-refractivity contribution in [2.75, 3.05) is 7.11 Å². The molecule has 11 nitrogen and oxygen atoms in total. The van der Waals surface area contributed by atoms with Crippen LogP contribution in [-0.2, 0) is 30.1 Å². The van der Waals surface area contributed by atoms with Gasteiger partial charge in [-0.05, 0) is 5.56 Å². The number of amides is 1. The minimum absolute atomic E-state index is 0.235. The number of carbonyl (C=O) groups is 3. The first kappa shape index (κ1) is 23.7. The average Bonchev–Trinajstić information content (AvgIpc) is 2.52. The molecule has 7 N–H and O–H groups in total. The van der Waals surface area contributed by atoms with Crippen LogP contribution in [-0.4, -0.2) is 56.8 Å². The van der Waals surface area contributed by atoms with Crippen LogP contribution in [0.2, 0.25) is 0 Å². The van der Waals surface area contributed by atoms with Crippen molar-refractivity contribution < 1.29 is 43.5 Å². The third kappa shape index (κ3) is 12.1. The van der Waals surface area contributed by atoms with Crippen molar-refractivity contribution in [3.05, 3.63) is 35.9 Å². The molecule has 26 heavy (non-hydrogen) atoms. The molecule has 0 saturated carbocycles. The number of nitrogens with one attached hydrogen (secondary N) is 1. The first-order valence-corrected chi connectivity index (χ1v) is 8.68. The van der Waals surface area contributed by atoms with Gasteiger partial charge >= 0.3 is 19.8 Å². The lowest BCUT2D eigenvalue weighted by molar-refractivity contribution is -0.145. The molecule has 0 heterocycles. The van der Waals surface area contributed by atoms with Gasteiger partial charge in [-0.1, -0.05) is 30.3 Å². The van der Waals surface area contributed by atoms with Crippen molar-refractivity contribution in [2.24, 2.45) is 5.73 Å². The van der Waals surface area contributed by atoms with E-state index in [-0.39, 0.29) is 6.42 Å². The molecule has 0 aliphatic carbocycles. The maximum absolute atomic E-state index is 11.8. The average molecular weight is 392 g/mol. The molecule has 2 atom stereocenters. The molecule has 0 radical (unpaired) electrons. The summed E-state index contributed by atoms with van der Waals surface area (Å²) in [6.45, 7) is 0. The third-order valence-electron chi connectivity index (χ3n) is 2.82. The number of aliphatic carboxylic acids is 1. The summed E-state index contributed by atoms with van der Waals surface area (Å²) in [4.78, 5) is 55.6. The predicted molar refractivity (Wildman–Crippen MR) is 88.6 cm³/mol. The molecular formula is C14H21N2O9P. The largest absolute Gasteiger partial charge is 0.481 e. The fourth-order valence-electron chi connectivity index (χ4n) is 1.74. The highest BCUT2D eigenvalue weighted by atomic mass is 31.2. The van der Waals surface area contributed by atoms with Gasteiger partial charge in [-0.2, -0.15) is 0 Å². The van der Waals surface area contributed by atoms with Gasteiger partial charge in [-0.15, -0.1) is 0 Å². The number of hydrogen-bond acceptors (Lipinski definition) is 6. The van der Waals surface area contributed by atoms with Crippen molar-refractivity contribution in [1.29, 1.82) is 0 Å². The Hall–Kier alpha value is -2.30. The molecule has 0 saturated heterocycles. The highest BCUT2D eigenvalue weighted by Crippen LogP contribution is 2.25. The van der Waals surface area contributed by atoms with E-state index in [4.69, 9.17) is 30.1 Å². The van der Waals surface area contributed by atoms with Crippen LogP contribution in [0.3, 0.4) is 0 Å². The number of carboxylic acid groups (broad SMARTS) is 1. The molecule has 0 aliphatic heterocycles. The number of carbonyl (C=O) groups excluding carboxylic acids is 2. The minimum Gasteiger partial charge on any atom is -0.481 e. The molecule has 1 amide bonds. The Morgan fingerprint density at radius 2 is 1.69 bits per heavy atom. The highest BCUT2D eigenvalue weighted by Gasteiger charge is 2.25. The summed E-state index contributed by atoms with van der Waals surface area (Å²) < 4.78 is 13.5. The Morgan fingerprint density at radius 1 is 1.19 bits per heavy atom. The predicted octanol–water partition coefficient (Wildman–Crippen LogP) is -1.24. The second kappa shape index (κ2) is 11.3. The molecule has 12 heteroatoms. The number of esters is 1. The van der Waals surface area contributed by atoms with Crippen LogP contribution in [0.25, 0.3) is 0 Å². The SMILES string of the molecule is COC(=O)C(Cc1ccccc1)NC(=O)C(N)CC(=O)O.O=P(O)(O)O. The number of phosphoric acid groups is 1. The Morgan fingerprint density at radius 3 is 2.12 bits per heavy atom. The Bertz CT molecular complexity index is 639. The first-order valence-electron chi connectivity index (χ1n) is 7.11. The summed E-state index contributed by atoms with van der Waals surface area (Å²) >= 11 is 0. The second-order valence-electron chi connectivity index (χ2n) is 4.99. The zero-order valence-corrected chi connectivity index (χ0v) is 14.7. The van der Waals surface area contributed by atoms with Gasteiger partial charge in [-0.3, -0.25) is 9.59 Å². The molecule has 1 rings (SSSR count). The van der Waals surface area contributed by atoms with Crippen LogP contribution in [0.1, 0.15) is 12.0 Å². The van der Waals surface area contributed by atoms with E-state index in [0.29, 0.717) is 0 Å². The maximum Gasteiger partial charge on any atom is 0.466 e. The van der Waals surface area contributed by atoms with Crippen molar-refractivity contribution in [1.82, 2.24) is 5.32 Å². The number of carboxylic acids is 1. The molecule has 1 aromatic carbocycles. The van der Waals surface area contributed by atoms with Gasteiger partial charge in [0.05, 0.1) is 19.6 Å². The van der Waals surface area contributed by atoms with E-state index in [2.05, 4.69) is 10.1 Å². The maximum atomic E-state index is 11.8. The standard InChI is InChI=1S/C14H18N2O5.H3O4P/c1-21-14(20)11(7-9-5-3-2-4-6-9)16-13(19)10(15)8-12(17)18;1-5(2,3)4/h2-6,10-11H,7-8,15H2,1H3,(H,16,19)(H,17,18);(H3,1,2,3,4). The summed E-state index contributed by atoms with van der Waals surface area (Å²) in [7, 11) is -3.43. The molecule has 1 aromatic rings. The van der Waals surface area contributed by atoms with Gasteiger partial charge in [-0.25, -0.2) is 9.36 Å². The van der Waals surface area contributed by atoms with E-state index in [1.165, 1.54) is 7.11 Å². The summed E-state index contributed by atoms with van der Waals surface area (Å²) in [6.07, 6.45) is -0.274. The van der Waals surface area contributed by atoms with E-state index < -0.39 is 44.2 Å². The lowest BCUT2D eigenvalue weighted by Gasteiger charge is -2.18. The lowest BCUT2D eigenvalue weighted by atomic mass is 10.1. The number of methoxy groups -OCH3 is 1. The molecule has 0 bridgehead atoms. The van der Waals surface area contributed by atoms with Crippen molar-refractivity contribution in [3.8, 4) is 0 Å². The normalized spacial score (nSPS) is 12.8. The zero-order valence-electron chi connectivity index (χ0n) is 13.8. The van der Waals surface area contributed by atoms with E-state index in [9.17, 15) is 14.4 Å². The number of ether oxygens (including phenoxy) is 1. The highest BCUT2D eigenvalue weighted by molar-refractivity contribution is 7.45. The zero-order chi connectivity index (χ0) is 20.3. The van der Waals surface area contributed by atoms with Crippen LogP contribution in [0.4, 0.5) is 0 Å². The van der Waals surface area contributed by atoms with Crippen LogP contribution in [0, 0.1) is 0 Å². The fourth-order valence-corrected chi connectivity index (χ4v) is 1.74.